The highest BCUT2D eigenvalue weighted by molar-refractivity contribution is 4.93. The second-order valence-electron chi connectivity index (χ2n) is 4.60. The molecule has 1 aliphatic heterocycles. The average molecular weight is 200 g/mol. The molecule has 0 aromatic carbocycles. The summed E-state index contributed by atoms with van der Waals surface area (Å²) in [5.74, 6) is 0. The lowest BCUT2D eigenvalue weighted by atomic mass is 9.88. The van der Waals surface area contributed by atoms with Gasteiger partial charge in [0, 0.05) is 24.7 Å². The zero-order valence-corrected chi connectivity index (χ0v) is 9.71. The van der Waals surface area contributed by atoms with Crippen molar-refractivity contribution >= 4 is 0 Å². The Labute approximate surface area is 87.5 Å². The molecule has 0 unspecified atom stereocenters. The first-order valence-electron chi connectivity index (χ1n) is 5.73. The van der Waals surface area contributed by atoms with E-state index in [-0.39, 0.29) is 12.1 Å². The highest BCUT2D eigenvalue weighted by Gasteiger charge is 2.33. The van der Waals surface area contributed by atoms with Crippen LogP contribution in [-0.4, -0.2) is 47.8 Å². The average Bonchev–Trinajstić information content (AvgIpc) is 2.19. The molecule has 0 aromatic rings. The third kappa shape index (κ3) is 2.69. The van der Waals surface area contributed by atoms with Crippen LogP contribution >= 0.6 is 0 Å². The number of likely N-dealkylation sites (N-methyl/N-ethyl adjacent to an activating group) is 1. The van der Waals surface area contributed by atoms with Crippen LogP contribution in [0, 0.1) is 0 Å². The van der Waals surface area contributed by atoms with E-state index in [0.29, 0.717) is 6.04 Å². The number of nitrogens with one attached hydrogen (secondary N) is 1. The normalized spacial score (nSPS) is 22.9. The molecule has 0 amide bonds. The summed E-state index contributed by atoms with van der Waals surface area (Å²) in [5, 5.41) is 12.8. The smallest absolute Gasteiger partial charge is 0.0614 e. The third-order valence-corrected chi connectivity index (χ3v) is 3.34. The highest BCUT2D eigenvalue weighted by atomic mass is 16.3. The Morgan fingerprint density at radius 1 is 1.36 bits per heavy atom. The fraction of sp³-hybridized carbons (Fsp3) is 1.00. The number of hydrogen-bond acceptors (Lipinski definition) is 3. The predicted molar refractivity (Wildman–Crippen MR) is 59.4 cm³/mol. The molecule has 2 N–H and O–H groups in total. The predicted octanol–water partition coefficient (Wildman–Crippen LogP) is 0.831. The van der Waals surface area contributed by atoms with Gasteiger partial charge in [0.15, 0.2) is 0 Å². The first-order valence-corrected chi connectivity index (χ1v) is 5.73. The molecule has 1 fully saturated rings. The van der Waals surface area contributed by atoms with E-state index >= 15 is 0 Å². The molecule has 3 heteroatoms. The zero-order chi connectivity index (χ0) is 10.6. The molecule has 0 aliphatic carbocycles. The Balaban J connectivity index is 2.46. The maximum absolute atomic E-state index is 9.42. The summed E-state index contributed by atoms with van der Waals surface area (Å²) >= 11 is 0. The maximum Gasteiger partial charge on any atom is 0.0614 e. The van der Waals surface area contributed by atoms with E-state index in [2.05, 4.69) is 31.0 Å². The molecule has 0 radical (unpaired) electrons. The van der Waals surface area contributed by atoms with Crippen LogP contribution in [-0.2, 0) is 0 Å². The van der Waals surface area contributed by atoms with Gasteiger partial charge in [-0.25, -0.2) is 0 Å². The fourth-order valence-corrected chi connectivity index (χ4v) is 2.23. The van der Waals surface area contributed by atoms with E-state index in [1.54, 1.807) is 0 Å². The van der Waals surface area contributed by atoms with Crippen molar-refractivity contribution in [2.45, 2.75) is 45.2 Å². The third-order valence-electron chi connectivity index (χ3n) is 3.34. The Morgan fingerprint density at radius 3 is 2.29 bits per heavy atom. The molecule has 1 aliphatic rings. The summed E-state index contributed by atoms with van der Waals surface area (Å²) in [4.78, 5) is 2.48. The molecule has 0 spiro atoms. The van der Waals surface area contributed by atoms with Crippen LogP contribution in [0.2, 0.25) is 0 Å². The number of hydrogen-bond donors (Lipinski definition) is 2. The van der Waals surface area contributed by atoms with Crippen LogP contribution in [0.3, 0.4) is 0 Å². The lowest BCUT2D eigenvalue weighted by Gasteiger charge is -2.42. The standard InChI is InChI=1S/C11H24N2O/c1-4-12-11(9-14)5-7-13(8-6-11)10(2)3/h10,12,14H,4-9H2,1-3H3. The highest BCUT2D eigenvalue weighted by Crippen LogP contribution is 2.22. The Morgan fingerprint density at radius 2 is 1.93 bits per heavy atom. The molecule has 0 saturated carbocycles. The van der Waals surface area contributed by atoms with Crippen molar-refractivity contribution in [2.75, 3.05) is 26.2 Å². The van der Waals surface area contributed by atoms with E-state index in [0.717, 1.165) is 32.5 Å². The Bertz CT molecular complexity index is 163. The molecule has 0 atom stereocenters. The molecule has 3 nitrogen and oxygen atoms in total. The van der Waals surface area contributed by atoms with Crippen LogP contribution in [0.1, 0.15) is 33.6 Å². The van der Waals surface area contributed by atoms with Crippen molar-refractivity contribution in [1.82, 2.24) is 10.2 Å². The Hall–Kier alpha value is -0.120. The van der Waals surface area contributed by atoms with Gasteiger partial charge in [0.1, 0.15) is 0 Å². The zero-order valence-electron chi connectivity index (χ0n) is 9.71. The molecule has 1 heterocycles. The van der Waals surface area contributed by atoms with Crippen LogP contribution in [0.4, 0.5) is 0 Å². The molecule has 84 valence electrons. The summed E-state index contributed by atoms with van der Waals surface area (Å²) in [6.07, 6.45) is 2.13. The lowest BCUT2D eigenvalue weighted by molar-refractivity contribution is 0.0666. The van der Waals surface area contributed by atoms with Crippen molar-refractivity contribution in [3.63, 3.8) is 0 Å². The summed E-state index contributed by atoms with van der Waals surface area (Å²) in [5.41, 5.74) is 0.000139. The molecular weight excluding hydrogens is 176 g/mol. The summed E-state index contributed by atoms with van der Waals surface area (Å²) < 4.78 is 0. The first-order chi connectivity index (χ1) is 6.63. The van der Waals surface area contributed by atoms with E-state index in [9.17, 15) is 5.11 Å². The molecular formula is C11H24N2O. The van der Waals surface area contributed by atoms with Gasteiger partial charge >= 0.3 is 0 Å². The van der Waals surface area contributed by atoms with Gasteiger partial charge in [-0.1, -0.05) is 6.92 Å². The summed E-state index contributed by atoms with van der Waals surface area (Å²) in [6.45, 7) is 10.00. The van der Waals surface area contributed by atoms with Gasteiger partial charge in [0.05, 0.1) is 6.61 Å². The first kappa shape index (κ1) is 12.0. The molecule has 0 aromatic heterocycles. The maximum atomic E-state index is 9.42. The van der Waals surface area contributed by atoms with Crippen molar-refractivity contribution in [2.24, 2.45) is 0 Å². The van der Waals surface area contributed by atoms with Gasteiger partial charge in [0.25, 0.3) is 0 Å². The topological polar surface area (TPSA) is 35.5 Å². The van der Waals surface area contributed by atoms with E-state index in [1.165, 1.54) is 0 Å². The van der Waals surface area contributed by atoms with Gasteiger partial charge in [0.2, 0.25) is 0 Å². The van der Waals surface area contributed by atoms with E-state index in [1.807, 2.05) is 0 Å². The van der Waals surface area contributed by atoms with E-state index < -0.39 is 0 Å². The van der Waals surface area contributed by atoms with Gasteiger partial charge in [-0.2, -0.15) is 0 Å². The van der Waals surface area contributed by atoms with Crippen LogP contribution in [0.15, 0.2) is 0 Å². The second kappa shape index (κ2) is 5.10. The molecule has 14 heavy (non-hydrogen) atoms. The minimum absolute atomic E-state index is 0.000139. The summed E-state index contributed by atoms with van der Waals surface area (Å²) in [6, 6.07) is 0.633. The largest absolute Gasteiger partial charge is 0.394 e. The lowest BCUT2D eigenvalue weighted by Crippen LogP contribution is -2.56. The van der Waals surface area contributed by atoms with Crippen LogP contribution in [0.5, 0.6) is 0 Å². The summed E-state index contributed by atoms with van der Waals surface area (Å²) in [7, 11) is 0. The number of aliphatic hydroxyl groups is 1. The monoisotopic (exact) mass is 200 g/mol. The molecule has 1 saturated heterocycles. The minimum Gasteiger partial charge on any atom is -0.394 e. The number of aliphatic hydroxyl groups excluding tert-OH is 1. The number of piperidine rings is 1. The van der Waals surface area contributed by atoms with Crippen molar-refractivity contribution in [3.05, 3.63) is 0 Å². The van der Waals surface area contributed by atoms with E-state index in [4.69, 9.17) is 0 Å². The van der Waals surface area contributed by atoms with Gasteiger partial charge in [-0.05, 0) is 33.2 Å². The van der Waals surface area contributed by atoms with Crippen LogP contribution < -0.4 is 5.32 Å². The van der Waals surface area contributed by atoms with Gasteiger partial charge in [-0.3, -0.25) is 0 Å². The van der Waals surface area contributed by atoms with Gasteiger partial charge < -0.3 is 15.3 Å². The van der Waals surface area contributed by atoms with Crippen molar-refractivity contribution in [1.29, 1.82) is 0 Å². The van der Waals surface area contributed by atoms with Crippen molar-refractivity contribution in [3.8, 4) is 0 Å². The van der Waals surface area contributed by atoms with Crippen molar-refractivity contribution < 1.29 is 5.11 Å². The molecule has 1 rings (SSSR count). The number of nitrogens with zero attached hydrogens (tertiary/aromatic N) is 1. The number of likely N-dealkylation sites (tertiary alicyclic amines) is 1. The van der Waals surface area contributed by atoms with Crippen LogP contribution in [0.25, 0.3) is 0 Å². The minimum atomic E-state index is 0.000139. The molecule has 0 bridgehead atoms. The SMILES string of the molecule is CCNC1(CO)CCN(C(C)C)CC1. The van der Waals surface area contributed by atoms with Gasteiger partial charge in [-0.15, -0.1) is 0 Å². The Kier molecular flexibility index (Phi) is 4.35. The quantitative estimate of drug-likeness (QED) is 0.705. The fourth-order valence-electron chi connectivity index (χ4n) is 2.23. The second-order valence-corrected chi connectivity index (χ2v) is 4.60. The number of rotatable bonds is 4.